The van der Waals surface area contributed by atoms with Crippen molar-refractivity contribution >= 4 is 10.8 Å². The molecule has 1 aromatic heterocycles. The van der Waals surface area contributed by atoms with Gasteiger partial charge in [-0.2, -0.15) is 10.2 Å². The Morgan fingerprint density at radius 3 is 2.77 bits per heavy atom. The van der Waals surface area contributed by atoms with Crippen molar-refractivity contribution < 1.29 is 5.11 Å². The Kier molecular flexibility index (Phi) is 1.94. The maximum absolute atomic E-state index is 9.47. The second-order valence-electron chi connectivity index (χ2n) is 3.02. The first-order valence-corrected chi connectivity index (χ1v) is 4.16. The molecule has 13 heavy (non-hydrogen) atoms. The molecule has 2 aromatic rings. The van der Waals surface area contributed by atoms with Crippen molar-refractivity contribution in [2.45, 2.75) is 13.0 Å². The highest BCUT2D eigenvalue weighted by atomic mass is 16.3. The number of aliphatic hydroxyl groups excluding tert-OH is 1. The maximum Gasteiger partial charge on any atom is 0.0768 e. The Morgan fingerprint density at radius 1 is 1.23 bits per heavy atom. The molecule has 0 aliphatic rings. The quantitative estimate of drug-likeness (QED) is 0.715. The summed E-state index contributed by atoms with van der Waals surface area (Å²) in [6, 6.07) is 5.76. The lowest BCUT2D eigenvalue weighted by atomic mass is 10.0. The second kappa shape index (κ2) is 3.11. The van der Waals surface area contributed by atoms with Crippen LogP contribution in [0.1, 0.15) is 18.6 Å². The number of hydrogen-bond donors (Lipinski definition) is 1. The van der Waals surface area contributed by atoms with E-state index < -0.39 is 6.10 Å². The molecule has 2 rings (SSSR count). The van der Waals surface area contributed by atoms with Crippen molar-refractivity contribution in [3.63, 3.8) is 0 Å². The number of fused-ring (bicyclic) bond motifs is 1. The molecule has 1 atom stereocenters. The third-order valence-electron chi connectivity index (χ3n) is 2.07. The lowest BCUT2D eigenvalue weighted by Gasteiger charge is -2.07. The largest absolute Gasteiger partial charge is 0.389 e. The molecule has 3 heteroatoms. The van der Waals surface area contributed by atoms with Crippen LogP contribution in [0.4, 0.5) is 0 Å². The van der Waals surface area contributed by atoms with E-state index in [0.717, 1.165) is 16.3 Å². The van der Waals surface area contributed by atoms with Crippen LogP contribution in [-0.4, -0.2) is 15.3 Å². The van der Waals surface area contributed by atoms with Gasteiger partial charge in [0.2, 0.25) is 0 Å². The van der Waals surface area contributed by atoms with E-state index in [2.05, 4.69) is 10.2 Å². The van der Waals surface area contributed by atoms with Crippen LogP contribution >= 0.6 is 0 Å². The van der Waals surface area contributed by atoms with Gasteiger partial charge < -0.3 is 5.11 Å². The van der Waals surface area contributed by atoms with Gasteiger partial charge in [-0.3, -0.25) is 0 Å². The third-order valence-corrected chi connectivity index (χ3v) is 2.07. The molecule has 0 amide bonds. The van der Waals surface area contributed by atoms with Gasteiger partial charge >= 0.3 is 0 Å². The van der Waals surface area contributed by atoms with Crippen molar-refractivity contribution in [3.05, 3.63) is 36.2 Å². The second-order valence-corrected chi connectivity index (χ2v) is 3.02. The van der Waals surface area contributed by atoms with Gasteiger partial charge in [-0.15, -0.1) is 0 Å². The molecule has 66 valence electrons. The zero-order chi connectivity index (χ0) is 9.26. The Hall–Kier alpha value is -1.48. The van der Waals surface area contributed by atoms with Gasteiger partial charge in [-0.05, 0) is 12.5 Å². The Bertz CT molecular complexity index is 421. The van der Waals surface area contributed by atoms with E-state index in [9.17, 15) is 5.11 Å². The predicted molar refractivity (Wildman–Crippen MR) is 50.2 cm³/mol. The van der Waals surface area contributed by atoms with E-state index in [-0.39, 0.29) is 0 Å². The Balaban J connectivity index is 2.76. The SMILES string of the molecule is C[C@H](O)c1cccc2cnncc12. The standard InChI is InChI=1S/C10H10N2O/c1-7(13)9-4-2-3-8-5-11-12-6-10(8)9/h2-7,13H,1H3/t7-/m0/s1. The summed E-state index contributed by atoms with van der Waals surface area (Å²) in [5.74, 6) is 0. The predicted octanol–water partition coefficient (Wildman–Crippen LogP) is 1.68. The van der Waals surface area contributed by atoms with Gasteiger partial charge in [0.25, 0.3) is 0 Å². The Labute approximate surface area is 76.0 Å². The summed E-state index contributed by atoms with van der Waals surface area (Å²) in [5, 5.41) is 19.0. The normalized spacial score (nSPS) is 13.1. The molecule has 0 saturated carbocycles. The van der Waals surface area contributed by atoms with Crippen LogP contribution in [0.5, 0.6) is 0 Å². The highest BCUT2D eigenvalue weighted by molar-refractivity contribution is 5.84. The molecule has 0 unspecified atom stereocenters. The zero-order valence-corrected chi connectivity index (χ0v) is 7.31. The van der Waals surface area contributed by atoms with Crippen LogP contribution < -0.4 is 0 Å². The molecular weight excluding hydrogens is 164 g/mol. The molecule has 0 aliphatic carbocycles. The van der Waals surface area contributed by atoms with Crippen LogP contribution in [0.3, 0.4) is 0 Å². The first-order chi connectivity index (χ1) is 6.29. The van der Waals surface area contributed by atoms with E-state index in [1.165, 1.54) is 0 Å². The maximum atomic E-state index is 9.47. The summed E-state index contributed by atoms with van der Waals surface area (Å²) in [7, 11) is 0. The fourth-order valence-electron chi connectivity index (χ4n) is 1.41. The van der Waals surface area contributed by atoms with E-state index in [0.29, 0.717) is 0 Å². The summed E-state index contributed by atoms with van der Waals surface area (Å²) >= 11 is 0. The smallest absolute Gasteiger partial charge is 0.0768 e. The molecule has 1 heterocycles. The lowest BCUT2D eigenvalue weighted by molar-refractivity contribution is 0.201. The Morgan fingerprint density at radius 2 is 2.00 bits per heavy atom. The summed E-state index contributed by atoms with van der Waals surface area (Å²) in [6.07, 6.45) is 2.91. The van der Waals surface area contributed by atoms with Crippen LogP contribution in [0, 0.1) is 0 Å². The summed E-state index contributed by atoms with van der Waals surface area (Å²) in [5.41, 5.74) is 0.896. The molecule has 1 aromatic carbocycles. The number of nitrogens with zero attached hydrogens (tertiary/aromatic N) is 2. The number of aromatic nitrogens is 2. The number of aliphatic hydroxyl groups is 1. The van der Waals surface area contributed by atoms with Gasteiger partial charge in [0.05, 0.1) is 18.5 Å². The van der Waals surface area contributed by atoms with Gasteiger partial charge in [0.1, 0.15) is 0 Å². The number of rotatable bonds is 1. The zero-order valence-electron chi connectivity index (χ0n) is 7.31. The van der Waals surface area contributed by atoms with Crippen molar-refractivity contribution in [2.24, 2.45) is 0 Å². The van der Waals surface area contributed by atoms with Crippen molar-refractivity contribution in [1.82, 2.24) is 10.2 Å². The topological polar surface area (TPSA) is 46.0 Å². The monoisotopic (exact) mass is 174 g/mol. The van der Waals surface area contributed by atoms with E-state index in [1.807, 2.05) is 18.2 Å². The van der Waals surface area contributed by atoms with Crippen molar-refractivity contribution in [2.75, 3.05) is 0 Å². The van der Waals surface area contributed by atoms with Crippen LogP contribution in [0.15, 0.2) is 30.6 Å². The fourth-order valence-corrected chi connectivity index (χ4v) is 1.41. The van der Waals surface area contributed by atoms with Gasteiger partial charge in [-0.25, -0.2) is 0 Å². The molecular formula is C10H10N2O. The molecule has 0 bridgehead atoms. The van der Waals surface area contributed by atoms with Crippen molar-refractivity contribution in [3.8, 4) is 0 Å². The van der Waals surface area contributed by atoms with E-state index in [4.69, 9.17) is 0 Å². The fraction of sp³-hybridized carbons (Fsp3) is 0.200. The van der Waals surface area contributed by atoms with Gasteiger partial charge in [0.15, 0.2) is 0 Å². The molecule has 0 saturated heterocycles. The van der Waals surface area contributed by atoms with Gasteiger partial charge in [0, 0.05) is 10.8 Å². The van der Waals surface area contributed by atoms with Crippen LogP contribution in [0.2, 0.25) is 0 Å². The number of benzene rings is 1. The average molecular weight is 174 g/mol. The van der Waals surface area contributed by atoms with Crippen LogP contribution in [-0.2, 0) is 0 Å². The third kappa shape index (κ3) is 1.38. The first-order valence-electron chi connectivity index (χ1n) is 4.16. The lowest BCUT2D eigenvalue weighted by Crippen LogP contribution is -1.93. The molecule has 3 nitrogen and oxygen atoms in total. The number of hydrogen-bond acceptors (Lipinski definition) is 3. The minimum absolute atomic E-state index is 0.465. The molecule has 0 fully saturated rings. The highest BCUT2D eigenvalue weighted by Gasteiger charge is 2.05. The average Bonchev–Trinajstić information content (AvgIpc) is 2.17. The molecule has 0 spiro atoms. The van der Waals surface area contributed by atoms with Crippen LogP contribution in [0.25, 0.3) is 10.8 Å². The minimum atomic E-state index is -0.465. The van der Waals surface area contributed by atoms with E-state index in [1.54, 1.807) is 19.3 Å². The molecule has 0 radical (unpaired) electrons. The highest BCUT2D eigenvalue weighted by Crippen LogP contribution is 2.22. The minimum Gasteiger partial charge on any atom is -0.389 e. The summed E-state index contributed by atoms with van der Waals surface area (Å²) in [6.45, 7) is 1.75. The summed E-state index contributed by atoms with van der Waals surface area (Å²) in [4.78, 5) is 0. The summed E-state index contributed by atoms with van der Waals surface area (Å²) < 4.78 is 0. The van der Waals surface area contributed by atoms with Gasteiger partial charge in [-0.1, -0.05) is 18.2 Å². The molecule has 1 N–H and O–H groups in total. The van der Waals surface area contributed by atoms with Crippen molar-refractivity contribution in [1.29, 1.82) is 0 Å². The molecule has 0 aliphatic heterocycles. The van der Waals surface area contributed by atoms with E-state index >= 15 is 0 Å². The first kappa shape index (κ1) is 8.13.